The third-order valence-corrected chi connectivity index (χ3v) is 7.78. The Bertz CT molecular complexity index is 880. The van der Waals surface area contributed by atoms with E-state index in [1.165, 1.54) is 5.56 Å². The molecule has 3 amide bonds. The van der Waals surface area contributed by atoms with Gasteiger partial charge in [-0.25, -0.2) is 0 Å². The van der Waals surface area contributed by atoms with E-state index >= 15 is 0 Å². The van der Waals surface area contributed by atoms with Gasteiger partial charge in [-0.1, -0.05) is 58.0 Å². The van der Waals surface area contributed by atoms with Crippen molar-refractivity contribution in [2.45, 2.75) is 78.3 Å². The van der Waals surface area contributed by atoms with Crippen molar-refractivity contribution in [3.63, 3.8) is 0 Å². The minimum absolute atomic E-state index is 0.0676. The van der Waals surface area contributed by atoms with Gasteiger partial charge in [0.05, 0.1) is 6.04 Å². The average Bonchev–Trinajstić information content (AvgIpc) is 2.87. The number of carbonyl (C=O) groups is 3. The molecule has 0 aliphatic carbocycles. The molecular formula is C30H48N4O3. The van der Waals surface area contributed by atoms with E-state index in [4.69, 9.17) is 0 Å². The second-order valence-corrected chi connectivity index (χ2v) is 11.8. The van der Waals surface area contributed by atoms with Crippen LogP contribution in [0.5, 0.6) is 0 Å². The van der Waals surface area contributed by atoms with Gasteiger partial charge < -0.3 is 20.0 Å². The highest BCUT2D eigenvalue weighted by Gasteiger charge is 2.39. The van der Waals surface area contributed by atoms with Crippen molar-refractivity contribution < 1.29 is 14.4 Å². The molecule has 1 aromatic rings. The molecule has 0 unspecified atom stereocenters. The predicted octanol–water partition coefficient (Wildman–Crippen LogP) is 3.58. The van der Waals surface area contributed by atoms with Gasteiger partial charge in [-0.2, -0.15) is 0 Å². The lowest BCUT2D eigenvalue weighted by molar-refractivity contribution is -0.150. The fourth-order valence-electron chi connectivity index (χ4n) is 5.57. The summed E-state index contributed by atoms with van der Waals surface area (Å²) in [5.41, 5.74) is 1.24. The van der Waals surface area contributed by atoms with Crippen LogP contribution in [0.3, 0.4) is 0 Å². The Hall–Kier alpha value is -2.41. The molecule has 206 valence electrons. The zero-order chi connectivity index (χ0) is 26.9. The molecule has 0 bridgehead atoms. The van der Waals surface area contributed by atoms with Gasteiger partial charge in [0.2, 0.25) is 17.7 Å². The van der Waals surface area contributed by atoms with Crippen LogP contribution in [0, 0.1) is 17.8 Å². The van der Waals surface area contributed by atoms with Crippen LogP contribution in [0.15, 0.2) is 30.3 Å². The molecule has 37 heavy (non-hydrogen) atoms. The average molecular weight is 513 g/mol. The van der Waals surface area contributed by atoms with Crippen LogP contribution in [0.2, 0.25) is 0 Å². The van der Waals surface area contributed by atoms with Crippen LogP contribution in [0.25, 0.3) is 0 Å². The molecule has 0 aromatic heterocycles. The Balaban J connectivity index is 1.52. The van der Waals surface area contributed by atoms with Crippen LogP contribution in [-0.2, 0) is 20.8 Å². The molecule has 7 nitrogen and oxygen atoms in total. The van der Waals surface area contributed by atoms with Crippen LogP contribution in [0.4, 0.5) is 0 Å². The Morgan fingerprint density at radius 1 is 1.03 bits per heavy atom. The number of benzene rings is 1. The molecule has 3 rings (SSSR count). The standard InChI is InChI=1S/C30H48N4O3/c1-22(2)19-26-29(36)34(18-14-31-26)27(20-23(3)4)30(37)33-16-12-25(13-17-33)21-28(35)32(5)15-11-24-9-7-6-8-10-24/h6-10,22-23,25-27,31H,11-21H2,1-5H3/t26-,27-/m0/s1. The minimum atomic E-state index is -0.397. The summed E-state index contributed by atoms with van der Waals surface area (Å²) < 4.78 is 0. The Kier molecular flexibility index (Phi) is 11.0. The predicted molar refractivity (Wildman–Crippen MR) is 148 cm³/mol. The maximum absolute atomic E-state index is 13.7. The number of amides is 3. The number of nitrogens with zero attached hydrogens (tertiary/aromatic N) is 3. The summed E-state index contributed by atoms with van der Waals surface area (Å²) in [4.78, 5) is 45.5. The van der Waals surface area contributed by atoms with Gasteiger partial charge in [0.1, 0.15) is 6.04 Å². The van der Waals surface area contributed by atoms with E-state index in [1.807, 2.05) is 39.9 Å². The van der Waals surface area contributed by atoms with Crippen molar-refractivity contribution in [2.75, 3.05) is 39.8 Å². The summed E-state index contributed by atoms with van der Waals surface area (Å²) >= 11 is 0. The molecule has 1 N–H and O–H groups in total. The molecule has 0 radical (unpaired) electrons. The van der Waals surface area contributed by atoms with Gasteiger partial charge in [0, 0.05) is 46.2 Å². The summed E-state index contributed by atoms with van der Waals surface area (Å²) in [5.74, 6) is 1.37. The number of hydrogen-bond acceptors (Lipinski definition) is 4. The second-order valence-electron chi connectivity index (χ2n) is 11.8. The first-order chi connectivity index (χ1) is 17.7. The largest absolute Gasteiger partial charge is 0.345 e. The van der Waals surface area contributed by atoms with Crippen molar-refractivity contribution in [3.05, 3.63) is 35.9 Å². The monoisotopic (exact) mass is 512 g/mol. The van der Waals surface area contributed by atoms with E-state index in [1.54, 1.807) is 0 Å². The van der Waals surface area contributed by atoms with Crippen molar-refractivity contribution >= 4 is 17.7 Å². The molecule has 2 heterocycles. The van der Waals surface area contributed by atoms with Crippen molar-refractivity contribution in [1.82, 2.24) is 20.0 Å². The summed E-state index contributed by atoms with van der Waals surface area (Å²) in [7, 11) is 1.89. The van der Waals surface area contributed by atoms with E-state index in [2.05, 4.69) is 45.1 Å². The number of carbonyl (C=O) groups excluding carboxylic acids is 3. The maximum atomic E-state index is 13.7. The second kappa shape index (κ2) is 13.9. The van der Waals surface area contributed by atoms with E-state index in [-0.39, 0.29) is 23.8 Å². The van der Waals surface area contributed by atoms with Crippen LogP contribution < -0.4 is 5.32 Å². The number of likely N-dealkylation sites (N-methyl/N-ethyl adjacent to an activating group) is 1. The Morgan fingerprint density at radius 2 is 1.70 bits per heavy atom. The van der Waals surface area contributed by atoms with Gasteiger partial charge in [-0.05, 0) is 55.4 Å². The zero-order valence-electron chi connectivity index (χ0n) is 23.6. The van der Waals surface area contributed by atoms with E-state index in [9.17, 15) is 14.4 Å². The lowest BCUT2D eigenvalue weighted by Gasteiger charge is -2.42. The molecule has 2 fully saturated rings. The van der Waals surface area contributed by atoms with Crippen molar-refractivity contribution in [3.8, 4) is 0 Å². The van der Waals surface area contributed by atoms with E-state index in [0.29, 0.717) is 56.8 Å². The highest BCUT2D eigenvalue weighted by Crippen LogP contribution is 2.25. The van der Waals surface area contributed by atoms with Gasteiger partial charge in [-0.15, -0.1) is 0 Å². The number of hydrogen-bond donors (Lipinski definition) is 1. The number of piperazine rings is 1. The van der Waals surface area contributed by atoms with Gasteiger partial charge in [0.25, 0.3) is 0 Å². The number of piperidine rings is 1. The first-order valence-corrected chi connectivity index (χ1v) is 14.3. The summed E-state index contributed by atoms with van der Waals surface area (Å²) in [5, 5.41) is 3.36. The SMILES string of the molecule is CC(C)C[C@@H]1NCCN([C@@H](CC(C)C)C(=O)N2CCC(CC(=O)N(C)CCc3ccccc3)CC2)C1=O. The normalized spacial score (nSPS) is 20.0. The lowest BCUT2D eigenvalue weighted by Crippen LogP contribution is -2.62. The molecule has 1 aromatic carbocycles. The third kappa shape index (κ3) is 8.56. The maximum Gasteiger partial charge on any atom is 0.245 e. The summed E-state index contributed by atoms with van der Waals surface area (Å²) in [6.45, 7) is 11.8. The Labute approximate surface area is 223 Å². The first-order valence-electron chi connectivity index (χ1n) is 14.3. The fraction of sp³-hybridized carbons (Fsp3) is 0.700. The third-order valence-electron chi connectivity index (χ3n) is 7.78. The lowest BCUT2D eigenvalue weighted by atomic mass is 9.91. The van der Waals surface area contributed by atoms with Crippen LogP contribution in [0.1, 0.15) is 65.4 Å². The van der Waals surface area contributed by atoms with Crippen molar-refractivity contribution in [1.29, 1.82) is 0 Å². The Morgan fingerprint density at radius 3 is 2.32 bits per heavy atom. The highest BCUT2D eigenvalue weighted by molar-refractivity contribution is 5.90. The molecule has 0 spiro atoms. The summed E-state index contributed by atoms with van der Waals surface area (Å²) in [6, 6.07) is 9.65. The molecule has 7 heteroatoms. The van der Waals surface area contributed by atoms with Gasteiger partial charge >= 0.3 is 0 Å². The van der Waals surface area contributed by atoms with Crippen LogP contribution >= 0.6 is 0 Å². The molecule has 0 saturated carbocycles. The molecule has 2 aliphatic heterocycles. The number of likely N-dealkylation sites (tertiary alicyclic amines) is 1. The fourth-order valence-corrected chi connectivity index (χ4v) is 5.57. The van der Waals surface area contributed by atoms with E-state index < -0.39 is 6.04 Å². The van der Waals surface area contributed by atoms with Gasteiger partial charge in [-0.3, -0.25) is 14.4 Å². The quantitative estimate of drug-likeness (QED) is 0.492. The smallest absolute Gasteiger partial charge is 0.245 e. The van der Waals surface area contributed by atoms with E-state index in [0.717, 1.165) is 32.2 Å². The topological polar surface area (TPSA) is 73.0 Å². The van der Waals surface area contributed by atoms with Gasteiger partial charge in [0.15, 0.2) is 0 Å². The highest BCUT2D eigenvalue weighted by atomic mass is 16.2. The van der Waals surface area contributed by atoms with Crippen LogP contribution in [-0.4, -0.2) is 84.3 Å². The summed E-state index contributed by atoms with van der Waals surface area (Å²) in [6.07, 6.45) is 4.54. The molecule has 2 aliphatic rings. The molecule has 2 saturated heterocycles. The molecular weight excluding hydrogens is 464 g/mol. The molecule has 2 atom stereocenters. The number of rotatable bonds is 11. The zero-order valence-corrected chi connectivity index (χ0v) is 23.6. The van der Waals surface area contributed by atoms with Crippen molar-refractivity contribution in [2.24, 2.45) is 17.8 Å². The number of nitrogens with one attached hydrogen (secondary N) is 1. The minimum Gasteiger partial charge on any atom is -0.345 e. The first kappa shape index (κ1) is 29.2.